The quantitative estimate of drug-likeness (QED) is 0.878. The van der Waals surface area contributed by atoms with E-state index in [2.05, 4.69) is 20.1 Å². The largest absolute Gasteiger partial charge is 0.380 e. The third-order valence-corrected chi connectivity index (χ3v) is 2.36. The van der Waals surface area contributed by atoms with Gasteiger partial charge in [0.15, 0.2) is 5.75 Å². The summed E-state index contributed by atoms with van der Waals surface area (Å²) in [6, 6.07) is 5.09. The van der Waals surface area contributed by atoms with Gasteiger partial charge in [0.1, 0.15) is 0 Å². The molecule has 0 aliphatic carbocycles. The van der Waals surface area contributed by atoms with E-state index in [1.54, 1.807) is 12.1 Å². The molecule has 0 aromatic heterocycles. The van der Waals surface area contributed by atoms with Crippen LogP contribution < -0.4 is 9.32 Å². The molecule has 6 heteroatoms. The molecule has 0 unspecified atom stereocenters. The summed E-state index contributed by atoms with van der Waals surface area (Å²) < 4.78 is 26.3. The summed E-state index contributed by atoms with van der Waals surface area (Å²) in [6.45, 7) is 1.82. The minimum Gasteiger partial charge on any atom is -0.370 e. The van der Waals surface area contributed by atoms with Crippen LogP contribution in [0, 0.1) is 6.92 Å². The van der Waals surface area contributed by atoms with Gasteiger partial charge in [-0.1, -0.05) is 6.07 Å². The maximum atomic E-state index is 10.6. The molecule has 0 fully saturated rings. The van der Waals surface area contributed by atoms with Gasteiger partial charge in [0.2, 0.25) is 0 Å². The zero-order valence-corrected chi connectivity index (χ0v) is 9.22. The fraction of sp³-hybridized carbons (Fsp3) is 0.143. The Hall–Kier alpha value is -0.590. The van der Waals surface area contributed by atoms with Crippen LogP contribution in [0.4, 0.5) is 0 Å². The lowest BCUT2D eigenvalue weighted by Gasteiger charge is -2.05. The zero-order chi connectivity index (χ0) is 10.1. The molecule has 0 saturated heterocycles. The van der Waals surface area contributed by atoms with E-state index in [1.807, 2.05) is 13.0 Å². The van der Waals surface area contributed by atoms with Crippen LogP contribution in [-0.4, -0.2) is 8.42 Å². The highest BCUT2D eigenvalue weighted by atomic mass is 79.9. The summed E-state index contributed by atoms with van der Waals surface area (Å²) >= 11 is 3.14. The number of rotatable bonds is 2. The molecule has 0 saturated carbocycles. The molecule has 0 radical (unpaired) electrons. The molecule has 0 heterocycles. The molecule has 1 rings (SSSR count). The molecule has 0 spiro atoms. The second-order valence-corrected chi connectivity index (χ2v) is 4.52. The van der Waals surface area contributed by atoms with Crippen molar-refractivity contribution in [3.8, 4) is 5.75 Å². The summed E-state index contributed by atoms with van der Waals surface area (Å²) in [5.74, 6) is 0.197. The highest BCUT2D eigenvalue weighted by molar-refractivity contribution is 9.10. The van der Waals surface area contributed by atoms with Crippen LogP contribution in [0.25, 0.3) is 0 Å². The summed E-state index contributed by atoms with van der Waals surface area (Å²) in [5, 5.41) is 4.72. The Kier molecular flexibility index (Phi) is 2.94. The van der Waals surface area contributed by atoms with E-state index >= 15 is 0 Å². The molecule has 4 nitrogen and oxygen atoms in total. The topological polar surface area (TPSA) is 69.4 Å². The first-order valence-electron chi connectivity index (χ1n) is 3.37. The van der Waals surface area contributed by atoms with Crippen molar-refractivity contribution in [1.29, 1.82) is 0 Å². The van der Waals surface area contributed by atoms with Crippen LogP contribution in [0.15, 0.2) is 22.7 Å². The Bertz CT molecular complexity index is 416. The van der Waals surface area contributed by atoms with Gasteiger partial charge in [-0.25, -0.2) is 0 Å². The van der Waals surface area contributed by atoms with Crippen LogP contribution in [0.3, 0.4) is 0 Å². The predicted molar refractivity (Wildman–Crippen MR) is 52.6 cm³/mol. The van der Waals surface area contributed by atoms with Crippen molar-refractivity contribution in [2.45, 2.75) is 6.92 Å². The van der Waals surface area contributed by atoms with Gasteiger partial charge in [-0.15, -0.1) is 0 Å². The van der Waals surface area contributed by atoms with Gasteiger partial charge < -0.3 is 4.18 Å². The number of nitrogens with two attached hydrogens (primary N) is 1. The van der Waals surface area contributed by atoms with Gasteiger partial charge in [0.05, 0.1) is 4.47 Å². The zero-order valence-electron chi connectivity index (χ0n) is 6.82. The first-order chi connectivity index (χ1) is 5.88. The van der Waals surface area contributed by atoms with Crippen molar-refractivity contribution in [3.05, 3.63) is 28.2 Å². The average molecular weight is 266 g/mol. The summed E-state index contributed by atoms with van der Waals surface area (Å²) in [7, 11) is -3.95. The molecule has 0 atom stereocenters. The molecular weight excluding hydrogens is 258 g/mol. The fourth-order valence-corrected chi connectivity index (χ4v) is 1.62. The molecule has 1 aromatic carbocycles. The average Bonchev–Trinajstić information content (AvgIpc) is 1.94. The summed E-state index contributed by atoms with van der Waals surface area (Å²) in [5.41, 5.74) is 0.891. The molecule has 2 N–H and O–H groups in total. The van der Waals surface area contributed by atoms with Gasteiger partial charge in [-0.3, -0.25) is 0 Å². The second kappa shape index (κ2) is 3.65. The molecular formula is C7H8BrNO3S. The van der Waals surface area contributed by atoms with E-state index in [4.69, 9.17) is 5.14 Å². The van der Waals surface area contributed by atoms with Gasteiger partial charge in [0, 0.05) is 0 Å². The van der Waals surface area contributed by atoms with Gasteiger partial charge >= 0.3 is 10.3 Å². The van der Waals surface area contributed by atoms with Crippen LogP contribution in [-0.2, 0) is 10.3 Å². The van der Waals surface area contributed by atoms with Crippen LogP contribution >= 0.6 is 15.9 Å². The van der Waals surface area contributed by atoms with E-state index in [-0.39, 0.29) is 5.75 Å². The van der Waals surface area contributed by atoms with Crippen molar-refractivity contribution in [2.24, 2.45) is 5.14 Å². The Morgan fingerprint density at radius 1 is 1.46 bits per heavy atom. The molecule has 1 aromatic rings. The third-order valence-electron chi connectivity index (χ3n) is 1.29. The van der Waals surface area contributed by atoms with Gasteiger partial charge in [-0.05, 0) is 40.5 Å². The van der Waals surface area contributed by atoms with E-state index in [0.717, 1.165) is 5.56 Å². The highest BCUT2D eigenvalue weighted by Crippen LogP contribution is 2.26. The number of hydrogen-bond donors (Lipinski definition) is 1. The first kappa shape index (κ1) is 10.5. The minimum atomic E-state index is -3.95. The maximum absolute atomic E-state index is 10.6. The molecule has 13 heavy (non-hydrogen) atoms. The lowest BCUT2D eigenvalue weighted by molar-refractivity contribution is 0.486. The Balaban J connectivity index is 3.08. The van der Waals surface area contributed by atoms with Gasteiger partial charge in [0.25, 0.3) is 0 Å². The standard InChI is InChI=1S/C7H8BrNO3S/c1-5-2-3-6(8)7(4-5)12-13(9,10)11/h2-4H,1H3,(H2,9,10,11). The van der Waals surface area contributed by atoms with Crippen molar-refractivity contribution in [1.82, 2.24) is 0 Å². The Labute approximate surface area is 85.1 Å². The van der Waals surface area contributed by atoms with Crippen molar-refractivity contribution >= 4 is 26.2 Å². The van der Waals surface area contributed by atoms with E-state index in [0.29, 0.717) is 4.47 Å². The molecule has 0 aliphatic rings. The van der Waals surface area contributed by atoms with Gasteiger partial charge in [-0.2, -0.15) is 13.6 Å². The van der Waals surface area contributed by atoms with E-state index in [9.17, 15) is 8.42 Å². The molecule has 72 valence electrons. The highest BCUT2D eigenvalue weighted by Gasteiger charge is 2.08. The second-order valence-electron chi connectivity index (χ2n) is 2.51. The van der Waals surface area contributed by atoms with E-state index < -0.39 is 10.3 Å². The Morgan fingerprint density at radius 2 is 2.08 bits per heavy atom. The van der Waals surface area contributed by atoms with Crippen molar-refractivity contribution in [2.75, 3.05) is 0 Å². The monoisotopic (exact) mass is 265 g/mol. The SMILES string of the molecule is Cc1ccc(Br)c(OS(N)(=O)=O)c1. The Morgan fingerprint density at radius 3 is 2.62 bits per heavy atom. The van der Waals surface area contributed by atoms with Crippen LogP contribution in [0.2, 0.25) is 0 Å². The van der Waals surface area contributed by atoms with Crippen LogP contribution in [0.1, 0.15) is 5.56 Å². The number of benzene rings is 1. The predicted octanol–water partition coefficient (Wildman–Crippen LogP) is 1.34. The lowest BCUT2D eigenvalue weighted by Crippen LogP contribution is -2.19. The molecule has 0 amide bonds. The number of halogens is 1. The van der Waals surface area contributed by atoms with Crippen molar-refractivity contribution < 1.29 is 12.6 Å². The number of aryl methyl sites for hydroxylation is 1. The number of hydrogen-bond acceptors (Lipinski definition) is 3. The third kappa shape index (κ3) is 3.33. The van der Waals surface area contributed by atoms with Crippen LogP contribution in [0.5, 0.6) is 5.75 Å². The van der Waals surface area contributed by atoms with Crippen molar-refractivity contribution in [3.63, 3.8) is 0 Å². The van der Waals surface area contributed by atoms with E-state index in [1.165, 1.54) is 0 Å². The minimum absolute atomic E-state index is 0.197. The normalized spacial score (nSPS) is 11.3. The fourth-order valence-electron chi connectivity index (χ4n) is 0.800. The maximum Gasteiger partial charge on any atom is 0.380 e. The summed E-state index contributed by atoms with van der Waals surface area (Å²) in [6.07, 6.45) is 0. The molecule has 0 aliphatic heterocycles. The lowest BCUT2D eigenvalue weighted by atomic mass is 10.2. The smallest absolute Gasteiger partial charge is 0.370 e. The first-order valence-corrected chi connectivity index (χ1v) is 5.63. The molecule has 0 bridgehead atoms. The summed E-state index contributed by atoms with van der Waals surface area (Å²) in [4.78, 5) is 0.